The predicted molar refractivity (Wildman–Crippen MR) is 132 cm³/mol. The minimum Gasteiger partial charge on any atom is -0.315 e. The van der Waals surface area contributed by atoms with Crippen molar-refractivity contribution < 1.29 is 4.79 Å². The van der Waals surface area contributed by atoms with Crippen molar-refractivity contribution in [2.24, 2.45) is 0 Å². The van der Waals surface area contributed by atoms with Gasteiger partial charge in [-0.05, 0) is 48.9 Å². The van der Waals surface area contributed by atoms with Crippen LogP contribution in [-0.4, -0.2) is 48.4 Å². The number of hydrogen-bond acceptors (Lipinski definition) is 5. The van der Waals surface area contributed by atoms with E-state index in [-0.39, 0.29) is 5.91 Å². The van der Waals surface area contributed by atoms with Gasteiger partial charge in [-0.2, -0.15) is 5.26 Å². The SMILES string of the molecule is N#Cc1c(NC(=O)CN2CCN(Cc3ccc(Cl)c(Cl)c3)CC2)sc2c1CCCCCC2. The molecule has 1 saturated heterocycles. The molecule has 170 valence electrons. The average molecular weight is 491 g/mol. The second-order valence-electron chi connectivity index (χ2n) is 8.58. The van der Waals surface area contributed by atoms with E-state index < -0.39 is 0 Å². The maximum absolute atomic E-state index is 12.7. The molecule has 1 amide bonds. The number of nitrogens with zero attached hydrogens (tertiary/aromatic N) is 3. The standard InChI is InChI=1S/C24H28Cl2N4OS/c25-20-8-7-17(13-21(20)26)15-29-9-11-30(12-10-29)16-23(31)28-24-19(14-27)18-5-3-1-2-4-6-22(18)32-24/h7-8,13H,1-6,9-12,15-16H2,(H,28,31). The molecule has 0 saturated carbocycles. The third-order valence-electron chi connectivity index (χ3n) is 6.26. The fraction of sp³-hybridized carbons (Fsp3) is 0.500. The van der Waals surface area contributed by atoms with Crippen molar-refractivity contribution in [1.29, 1.82) is 5.26 Å². The van der Waals surface area contributed by atoms with Crippen molar-refractivity contribution in [1.82, 2.24) is 9.80 Å². The van der Waals surface area contributed by atoms with Crippen LogP contribution in [0.2, 0.25) is 10.0 Å². The summed E-state index contributed by atoms with van der Waals surface area (Å²) in [5, 5.41) is 14.7. The molecule has 1 aliphatic heterocycles. The normalized spacial score (nSPS) is 17.8. The third-order valence-corrected chi connectivity index (χ3v) is 8.20. The van der Waals surface area contributed by atoms with Gasteiger partial charge >= 0.3 is 0 Å². The number of rotatable bonds is 5. The van der Waals surface area contributed by atoms with Crippen molar-refractivity contribution in [3.63, 3.8) is 0 Å². The van der Waals surface area contributed by atoms with Crippen LogP contribution in [0.3, 0.4) is 0 Å². The van der Waals surface area contributed by atoms with Crippen molar-refractivity contribution >= 4 is 45.4 Å². The molecule has 1 N–H and O–H groups in total. The lowest BCUT2D eigenvalue weighted by molar-refractivity contribution is -0.117. The van der Waals surface area contributed by atoms with Crippen LogP contribution in [0.1, 0.15) is 47.3 Å². The van der Waals surface area contributed by atoms with Crippen LogP contribution in [-0.2, 0) is 24.2 Å². The summed E-state index contributed by atoms with van der Waals surface area (Å²) < 4.78 is 0. The number of fused-ring (bicyclic) bond motifs is 1. The summed E-state index contributed by atoms with van der Waals surface area (Å²) >= 11 is 13.7. The number of carbonyl (C=O) groups excluding carboxylic acids is 1. The zero-order chi connectivity index (χ0) is 22.5. The highest BCUT2D eigenvalue weighted by Gasteiger charge is 2.23. The lowest BCUT2D eigenvalue weighted by Crippen LogP contribution is -2.48. The highest BCUT2D eigenvalue weighted by atomic mass is 35.5. The smallest absolute Gasteiger partial charge is 0.239 e. The topological polar surface area (TPSA) is 59.4 Å². The summed E-state index contributed by atoms with van der Waals surface area (Å²) in [6, 6.07) is 8.11. The van der Waals surface area contributed by atoms with E-state index in [1.54, 1.807) is 11.3 Å². The fourth-order valence-corrected chi connectivity index (χ4v) is 6.07. The summed E-state index contributed by atoms with van der Waals surface area (Å²) in [6.45, 7) is 4.63. The average Bonchev–Trinajstić information content (AvgIpc) is 3.07. The van der Waals surface area contributed by atoms with Crippen LogP contribution in [0, 0.1) is 11.3 Å². The first-order valence-corrected chi connectivity index (χ1v) is 12.8. The van der Waals surface area contributed by atoms with Crippen LogP contribution in [0.4, 0.5) is 5.00 Å². The van der Waals surface area contributed by atoms with Gasteiger partial charge in [-0.15, -0.1) is 11.3 Å². The number of anilines is 1. The molecule has 0 atom stereocenters. The lowest BCUT2D eigenvalue weighted by atomic mass is 9.97. The summed E-state index contributed by atoms with van der Waals surface area (Å²) in [5.74, 6) is -0.0337. The van der Waals surface area contributed by atoms with Crippen LogP contribution in [0.15, 0.2) is 18.2 Å². The first-order chi connectivity index (χ1) is 15.5. The number of aryl methyl sites for hydroxylation is 1. The van der Waals surface area contributed by atoms with E-state index in [0.717, 1.165) is 69.0 Å². The number of hydrogen-bond donors (Lipinski definition) is 1. The van der Waals surface area contributed by atoms with Crippen LogP contribution in [0.5, 0.6) is 0 Å². The first kappa shape index (κ1) is 23.5. The molecular formula is C24H28Cl2N4OS. The van der Waals surface area contributed by atoms with E-state index in [0.29, 0.717) is 22.2 Å². The largest absolute Gasteiger partial charge is 0.315 e. The maximum Gasteiger partial charge on any atom is 0.239 e. The Hall–Kier alpha value is -1.62. The number of amides is 1. The Kier molecular flexibility index (Phi) is 8.09. The van der Waals surface area contributed by atoms with Crippen LogP contribution in [0.25, 0.3) is 0 Å². The Bertz CT molecular complexity index is 1010. The van der Waals surface area contributed by atoms with Gasteiger partial charge in [0.05, 0.1) is 22.2 Å². The number of nitriles is 1. The minimum absolute atomic E-state index is 0.0337. The highest BCUT2D eigenvalue weighted by molar-refractivity contribution is 7.16. The Morgan fingerprint density at radius 1 is 1.03 bits per heavy atom. The van der Waals surface area contributed by atoms with Crippen LogP contribution < -0.4 is 5.32 Å². The Morgan fingerprint density at radius 3 is 2.47 bits per heavy atom. The molecular weight excluding hydrogens is 463 g/mol. The number of benzene rings is 1. The van der Waals surface area contributed by atoms with Gasteiger partial charge in [0.15, 0.2) is 0 Å². The second-order valence-corrected chi connectivity index (χ2v) is 10.5. The molecule has 0 unspecified atom stereocenters. The molecule has 0 spiro atoms. The molecule has 1 aromatic heterocycles. The van der Waals surface area contributed by atoms with E-state index in [1.165, 1.54) is 23.3 Å². The summed E-state index contributed by atoms with van der Waals surface area (Å²) in [6.07, 6.45) is 6.73. The van der Waals surface area contributed by atoms with Gasteiger partial charge in [0.25, 0.3) is 0 Å². The Morgan fingerprint density at radius 2 is 1.75 bits per heavy atom. The van der Waals surface area contributed by atoms with Gasteiger partial charge in [-0.3, -0.25) is 14.6 Å². The molecule has 0 radical (unpaired) electrons. The van der Waals surface area contributed by atoms with Crippen molar-refractivity contribution in [2.75, 3.05) is 38.0 Å². The molecule has 5 nitrogen and oxygen atoms in total. The number of halogens is 2. The first-order valence-electron chi connectivity index (χ1n) is 11.3. The number of piperazine rings is 1. The van der Waals surface area contributed by atoms with Gasteiger partial charge in [0.2, 0.25) is 5.91 Å². The van der Waals surface area contributed by atoms with Gasteiger partial charge in [-0.25, -0.2) is 0 Å². The maximum atomic E-state index is 12.7. The van der Waals surface area contributed by atoms with Crippen molar-refractivity contribution in [2.45, 2.75) is 45.1 Å². The highest BCUT2D eigenvalue weighted by Crippen LogP contribution is 2.36. The molecule has 8 heteroatoms. The summed E-state index contributed by atoms with van der Waals surface area (Å²) in [7, 11) is 0. The Balaban J connectivity index is 1.29. The second kappa shape index (κ2) is 11.0. The quantitative estimate of drug-likeness (QED) is 0.613. The van der Waals surface area contributed by atoms with Gasteiger partial charge in [0.1, 0.15) is 11.1 Å². The predicted octanol–water partition coefficient (Wildman–Crippen LogP) is 5.34. The third kappa shape index (κ3) is 5.84. The van der Waals surface area contributed by atoms with Crippen molar-refractivity contribution in [3.8, 4) is 6.07 Å². The van der Waals surface area contributed by atoms with Gasteiger partial charge in [0, 0.05) is 37.6 Å². The number of thiophene rings is 1. The van der Waals surface area contributed by atoms with E-state index in [9.17, 15) is 10.1 Å². The lowest BCUT2D eigenvalue weighted by Gasteiger charge is -2.34. The van der Waals surface area contributed by atoms with Crippen LogP contribution >= 0.6 is 34.5 Å². The molecule has 1 aromatic carbocycles. The van der Waals surface area contributed by atoms with E-state index in [4.69, 9.17) is 23.2 Å². The zero-order valence-corrected chi connectivity index (χ0v) is 20.5. The molecule has 1 fully saturated rings. The van der Waals surface area contributed by atoms with Gasteiger partial charge in [-0.1, -0.05) is 42.1 Å². The zero-order valence-electron chi connectivity index (χ0n) is 18.1. The van der Waals surface area contributed by atoms with E-state index >= 15 is 0 Å². The summed E-state index contributed by atoms with van der Waals surface area (Å²) in [4.78, 5) is 18.6. The molecule has 0 bridgehead atoms. The monoisotopic (exact) mass is 490 g/mol. The van der Waals surface area contributed by atoms with E-state index in [2.05, 4.69) is 21.2 Å². The Labute approximate surface area is 203 Å². The fourth-order valence-electron chi connectivity index (χ4n) is 4.50. The molecule has 2 aromatic rings. The van der Waals surface area contributed by atoms with Gasteiger partial charge < -0.3 is 5.32 Å². The number of nitrogens with one attached hydrogen (secondary N) is 1. The van der Waals surface area contributed by atoms with Crippen molar-refractivity contribution in [3.05, 3.63) is 49.8 Å². The molecule has 2 aliphatic rings. The molecule has 2 heterocycles. The number of carbonyl (C=O) groups is 1. The van der Waals surface area contributed by atoms with E-state index in [1.807, 2.05) is 18.2 Å². The molecule has 1 aliphatic carbocycles. The molecule has 32 heavy (non-hydrogen) atoms. The summed E-state index contributed by atoms with van der Waals surface area (Å²) in [5.41, 5.74) is 3.00. The minimum atomic E-state index is -0.0337. The molecule has 4 rings (SSSR count).